The summed E-state index contributed by atoms with van der Waals surface area (Å²) in [6.45, 7) is 0. The van der Waals surface area contributed by atoms with Crippen LogP contribution in [0.25, 0.3) is 12.2 Å². The first-order chi connectivity index (χ1) is 19.0. The van der Waals surface area contributed by atoms with E-state index in [4.69, 9.17) is 9.47 Å². The minimum Gasteiger partial charge on any atom is -0.497 e. The predicted octanol–water partition coefficient (Wildman–Crippen LogP) is 6.17. The maximum absolute atomic E-state index is 12.4. The highest BCUT2D eigenvalue weighted by molar-refractivity contribution is 5.92. The van der Waals surface area contributed by atoms with Crippen molar-refractivity contribution in [3.63, 3.8) is 0 Å². The van der Waals surface area contributed by atoms with E-state index in [0.717, 1.165) is 60.1 Å². The fourth-order valence-corrected chi connectivity index (χ4v) is 5.83. The van der Waals surface area contributed by atoms with Crippen molar-refractivity contribution in [3.05, 3.63) is 71.8 Å². The van der Waals surface area contributed by atoms with Crippen LogP contribution in [0.4, 0.5) is 0 Å². The first kappa shape index (κ1) is 28.5. The summed E-state index contributed by atoms with van der Waals surface area (Å²) in [6.07, 6.45) is 17.2. The van der Waals surface area contributed by atoms with E-state index in [1.54, 1.807) is 26.4 Å². The van der Waals surface area contributed by atoms with Gasteiger partial charge in [0, 0.05) is 24.2 Å². The molecule has 0 atom stereocenters. The van der Waals surface area contributed by atoms with Gasteiger partial charge in [-0.25, -0.2) is 0 Å². The molecule has 0 aromatic heterocycles. The number of amides is 2. The number of rotatable bonds is 10. The standard InChI is InChI=1S/C33H42N2O4/c1-38-30-17-7-24(8-18-30)11-21-32(36)34-28-13-3-26(4-14-28)23-27-5-15-29(16-6-27)35-33(37)22-12-25-9-19-31(39-2)20-10-25/h7-12,17-22,26-29H,3-6,13-16,23H2,1-2H3,(H,34,36)(H,35,37). The summed E-state index contributed by atoms with van der Waals surface area (Å²) < 4.78 is 10.3. The predicted molar refractivity (Wildman–Crippen MR) is 156 cm³/mol. The average Bonchev–Trinajstić information content (AvgIpc) is 2.97. The number of hydrogen-bond donors (Lipinski definition) is 2. The Bertz CT molecular complexity index is 1020. The van der Waals surface area contributed by atoms with Crippen LogP contribution >= 0.6 is 0 Å². The number of carbonyl (C=O) groups is 2. The molecule has 0 bridgehead atoms. The molecule has 0 spiro atoms. The van der Waals surface area contributed by atoms with Crippen molar-refractivity contribution < 1.29 is 19.1 Å². The molecular weight excluding hydrogens is 488 g/mol. The minimum absolute atomic E-state index is 0.0199. The smallest absolute Gasteiger partial charge is 0.244 e. The molecule has 2 aliphatic carbocycles. The largest absolute Gasteiger partial charge is 0.497 e. The fourth-order valence-electron chi connectivity index (χ4n) is 5.83. The zero-order valence-corrected chi connectivity index (χ0v) is 23.2. The van der Waals surface area contributed by atoms with Crippen LogP contribution in [0.15, 0.2) is 60.7 Å². The molecule has 4 rings (SSSR count). The van der Waals surface area contributed by atoms with Gasteiger partial charge in [-0.3, -0.25) is 9.59 Å². The Balaban J connectivity index is 1.10. The quantitative estimate of drug-likeness (QED) is 0.360. The monoisotopic (exact) mass is 530 g/mol. The van der Waals surface area contributed by atoms with Crippen LogP contribution in [0.5, 0.6) is 11.5 Å². The molecular formula is C33H42N2O4. The van der Waals surface area contributed by atoms with Crippen LogP contribution in [0.2, 0.25) is 0 Å². The van der Waals surface area contributed by atoms with Crippen LogP contribution in [0, 0.1) is 11.8 Å². The Morgan fingerprint density at radius 2 is 1.00 bits per heavy atom. The van der Waals surface area contributed by atoms with E-state index in [0.29, 0.717) is 0 Å². The molecule has 0 aliphatic heterocycles. The molecule has 0 unspecified atom stereocenters. The summed E-state index contributed by atoms with van der Waals surface area (Å²) in [5.41, 5.74) is 1.96. The highest BCUT2D eigenvalue weighted by atomic mass is 16.5. The lowest BCUT2D eigenvalue weighted by molar-refractivity contribution is -0.118. The molecule has 39 heavy (non-hydrogen) atoms. The van der Waals surface area contributed by atoms with Gasteiger partial charge >= 0.3 is 0 Å². The molecule has 2 fully saturated rings. The van der Waals surface area contributed by atoms with Gasteiger partial charge in [-0.15, -0.1) is 0 Å². The Morgan fingerprint density at radius 1 is 0.641 bits per heavy atom. The molecule has 2 aromatic carbocycles. The molecule has 2 amide bonds. The second-order valence-corrected chi connectivity index (χ2v) is 10.9. The molecule has 2 aromatic rings. The Kier molecular flexibility index (Phi) is 10.6. The average molecular weight is 531 g/mol. The van der Waals surface area contributed by atoms with Gasteiger partial charge in [0.2, 0.25) is 11.8 Å². The van der Waals surface area contributed by atoms with E-state index in [1.807, 2.05) is 60.7 Å². The fraction of sp³-hybridized carbons (Fsp3) is 0.455. The van der Waals surface area contributed by atoms with Crippen LogP contribution in [-0.4, -0.2) is 38.1 Å². The summed E-state index contributed by atoms with van der Waals surface area (Å²) in [5.74, 6) is 3.07. The van der Waals surface area contributed by atoms with E-state index in [9.17, 15) is 9.59 Å². The highest BCUT2D eigenvalue weighted by Crippen LogP contribution is 2.35. The topological polar surface area (TPSA) is 76.7 Å². The zero-order chi connectivity index (χ0) is 27.5. The van der Waals surface area contributed by atoms with Crippen molar-refractivity contribution in [1.29, 1.82) is 0 Å². The van der Waals surface area contributed by atoms with Gasteiger partial charge in [0.25, 0.3) is 0 Å². The van der Waals surface area contributed by atoms with Gasteiger partial charge in [-0.05, 0) is 117 Å². The SMILES string of the molecule is COc1ccc(C=CC(=O)NC2CCC(CC3CCC(NC(=O)C=Cc4ccc(OC)cc4)CC3)CC2)cc1. The lowest BCUT2D eigenvalue weighted by atomic mass is 9.75. The number of hydrogen-bond acceptors (Lipinski definition) is 4. The van der Waals surface area contributed by atoms with Crippen LogP contribution in [0.3, 0.4) is 0 Å². The van der Waals surface area contributed by atoms with Crippen molar-refractivity contribution in [2.75, 3.05) is 14.2 Å². The first-order valence-corrected chi connectivity index (χ1v) is 14.3. The molecule has 208 valence electrons. The summed E-state index contributed by atoms with van der Waals surface area (Å²) in [7, 11) is 3.29. The van der Waals surface area contributed by atoms with Crippen molar-refractivity contribution in [2.45, 2.75) is 69.9 Å². The van der Waals surface area contributed by atoms with E-state index >= 15 is 0 Å². The molecule has 0 saturated heterocycles. The van der Waals surface area contributed by atoms with Gasteiger partial charge in [0.15, 0.2) is 0 Å². The Hall–Kier alpha value is -3.54. The van der Waals surface area contributed by atoms with Gasteiger partial charge in [-0.1, -0.05) is 24.3 Å². The first-order valence-electron chi connectivity index (χ1n) is 14.3. The number of carbonyl (C=O) groups excluding carboxylic acids is 2. The van der Waals surface area contributed by atoms with Gasteiger partial charge in [-0.2, -0.15) is 0 Å². The lowest BCUT2D eigenvalue weighted by Gasteiger charge is -2.34. The zero-order valence-electron chi connectivity index (χ0n) is 23.2. The van der Waals surface area contributed by atoms with Crippen molar-refractivity contribution in [3.8, 4) is 11.5 Å². The number of nitrogens with one attached hydrogen (secondary N) is 2. The lowest BCUT2D eigenvalue weighted by Crippen LogP contribution is -2.38. The molecule has 2 aliphatic rings. The van der Waals surface area contributed by atoms with Crippen molar-refractivity contribution in [2.24, 2.45) is 11.8 Å². The van der Waals surface area contributed by atoms with Gasteiger partial charge in [0.1, 0.15) is 11.5 Å². The summed E-state index contributed by atoms with van der Waals surface area (Å²) in [4.78, 5) is 24.8. The van der Waals surface area contributed by atoms with E-state index in [1.165, 1.54) is 32.1 Å². The normalized spacial score (nSPS) is 23.4. The van der Waals surface area contributed by atoms with Crippen LogP contribution in [-0.2, 0) is 9.59 Å². The third-order valence-corrected chi connectivity index (χ3v) is 8.14. The maximum Gasteiger partial charge on any atom is 0.244 e. The summed E-state index contributed by atoms with van der Waals surface area (Å²) in [6, 6.07) is 15.9. The molecule has 0 radical (unpaired) electrons. The number of benzene rings is 2. The van der Waals surface area contributed by atoms with E-state index in [2.05, 4.69) is 10.6 Å². The molecule has 6 nitrogen and oxygen atoms in total. The van der Waals surface area contributed by atoms with E-state index < -0.39 is 0 Å². The van der Waals surface area contributed by atoms with Gasteiger partial charge < -0.3 is 20.1 Å². The van der Waals surface area contributed by atoms with E-state index in [-0.39, 0.29) is 23.9 Å². The number of methoxy groups -OCH3 is 2. The molecule has 2 N–H and O–H groups in total. The van der Waals surface area contributed by atoms with Crippen LogP contribution in [0.1, 0.15) is 68.9 Å². The van der Waals surface area contributed by atoms with Crippen molar-refractivity contribution >= 4 is 24.0 Å². The molecule has 2 saturated carbocycles. The second kappa shape index (κ2) is 14.6. The third kappa shape index (κ3) is 9.31. The summed E-state index contributed by atoms with van der Waals surface area (Å²) >= 11 is 0. The van der Waals surface area contributed by atoms with Gasteiger partial charge in [0.05, 0.1) is 14.2 Å². The third-order valence-electron chi connectivity index (χ3n) is 8.14. The minimum atomic E-state index is -0.0199. The number of ether oxygens (including phenoxy) is 2. The maximum atomic E-state index is 12.4. The van der Waals surface area contributed by atoms with Crippen molar-refractivity contribution in [1.82, 2.24) is 10.6 Å². The Morgan fingerprint density at radius 3 is 1.33 bits per heavy atom. The molecule has 0 heterocycles. The second-order valence-electron chi connectivity index (χ2n) is 10.9. The van der Waals surface area contributed by atoms with Crippen LogP contribution < -0.4 is 20.1 Å². The Labute approximate surface area is 232 Å². The molecule has 6 heteroatoms. The highest BCUT2D eigenvalue weighted by Gasteiger charge is 2.27. The summed E-state index contributed by atoms with van der Waals surface area (Å²) in [5, 5.41) is 6.37.